The number of anilines is 1. The first kappa shape index (κ1) is 22.2. The molecule has 3 aromatic rings. The Kier molecular flexibility index (Phi) is 6.18. The van der Waals surface area contributed by atoms with Gasteiger partial charge in [0.15, 0.2) is 6.61 Å². The standard InChI is InChI=1S/C23H22N4O6/c1-26-10-9-18-16(12-26)22(15-5-3-4-6-17(15)24-18)23(29)33-13-21(28)25-19-8-7-14(32-2)11-20(19)27(30)31/h3-8,11H,9-10,12-13H2,1-2H3,(H,25,28). The molecule has 10 heteroatoms. The molecule has 33 heavy (non-hydrogen) atoms. The van der Waals surface area contributed by atoms with Gasteiger partial charge in [-0.3, -0.25) is 19.9 Å². The van der Waals surface area contributed by atoms with Gasteiger partial charge in [0.25, 0.3) is 11.6 Å². The molecule has 0 fully saturated rings. The molecule has 0 atom stereocenters. The Morgan fingerprint density at radius 2 is 2.03 bits per heavy atom. The number of hydrogen-bond donors (Lipinski definition) is 1. The van der Waals surface area contributed by atoms with E-state index in [9.17, 15) is 19.7 Å². The number of esters is 1. The molecule has 1 aromatic heterocycles. The molecule has 0 spiro atoms. The molecule has 1 N–H and O–H groups in total. The number of ether oxygens (including phenoxy) is 2. The molecule has 0 saturated heterocycles. The number of carbonyl (C=O) groups is 2. The zero-order chi connectivity index (χ0) is 23.5. The van der Waals surface area contributed by atoms with Crippen molar-refractivity contribution in [3.8, 4) is 5.75 Å². The van der Waals surface area contributed by atoms with Crippen LogP contribution in [0.3, 0.4) is 0 Å². The molecule has 0 radical (unpaired) electrons. The van der Waals surface area contributed by atoms with Crippen LogP contribution in [0.2, 0.25) is 0 Å². The molecule has 170 valence electrons. The zero-order valence-corrected chi connectivity index (χ0v) is 18.2. The summed E-state index contributed by atoms with van der Waals surface area (Å²) < 4.78 is 10.3. The number of nitrogens with one attached hydrogen (secondary N) is 1. The van der Waals surface area contributed by atoms with Gasteiger partial charge < -0.3 is 19.7 Å². The Balaban J connectivity index is 1.55. The van der Waals surface area contributed by atoms with Crippen LogP contribution in [0.15, 0.2) is 42.5 Å². The summed E-state index contributed by atoms with van der Waals surface area (Å²) >= 11 is 0. The minimum Gasteiger partial charge on any atom is -0.496 e. The average Bonchev–Trinajstić information content (AvgIpc) is 2.81. The summed E-state index contributed by atoms with van der Waals surface area (Å²) in [5, 5.41) is 14.4. The molecule has 0 unspecified atom stereocenters. The molecule has 1 aliphatic rings. The number of likely N-dealkylation sites (N-methyl/N-ethyl adjacent to an activating group) is 1. The fraction of sp³-hybridized carbons (Fsp3) is 0.261. The summed E-state index contributed by atoms with van der Waals surface area (Å²) in [6.45, 7) is 0.779. The molecule has 0 saturated carbocycles. The highest BCUT2D eigenvalue weighted by molar-refractivity contribution is 6.06. The van der Waals surface area contributed by atoms with Gasteiger partial charge in [-0.2, -0.15) is 0 Å². The third-order valence-electron chi connectivity index (χ3n) is 5.45. The predicted octanol–water partition coefficient (Wildman–Crippen LogP) is 2.94. The van der Waals surface area contributed by atoms with Crippen LogP contribution in [-0.4, -0.2) is 54.0 Å². The minimum absolute atomic E-state index is 0.0183. The normalized spacial score (nSPS) is 13.3. The first-order valence-corrected chi connectivity index (χ1v) is 10.3. The van der Waals surface area contributed by atoms with E-state index in [1.165, 1.54) is 25.3 Å². The third kappa shape index (κ3) is 4.60. The number of aromatic nitrogens is 1. The lowest BCUT2D eigenvalue weighted by molar-refractivity contribution is -0.384. The van der Waals surface area contributed by atoms with Gasteiger partial charge in [0, 0.05) is 36.2 Å². The number of benzene rings is 2. The van der Waals surface area contributed by atoms with Gasteiger partial charge >= 0.3 is 5.97 Å². The summed E-state index contributed by atoms with van der Waals surface area (Å²) in [5.74, 6) is -1.05. The van der Waals surface area contributed by atoms with E-state index in [1.807, 2.05) is 25.2 Å². The van der Waals surface area contributed by atoms with Crippen molar-refractivity contribution < 1.29 is 24.0 Å². The number of carbonyl (C=O) groups excluding carboxylic acids is 2. The molecule has 1 aliphatic heterocycles. The number of nitrogens with zero attached hydrogens (tertiary/aromatic N) is 3. The molecule has 4 rings (SSSR count). The molecule has 1 amide bonds. The lowest BCUT2D eigenvalue weighted by Crippen LogP contribution is -2.30. The van der Waals surface area contributed by atoms with Crippen LogP contribution in [0.4, 0.5) is 11.4 Å². The SMILES string of the molecule is COc1ccc(NC(=O)COC(=O)c2c3c(nc4ccccc24)CCN(C)C3)c([N+](=O)[O-])c1. The van der Waals surface area contributed by atoms with Crippen LogP contribution < -0.4 is 10.1 Å². The zero-order valence-electron chi connectivity index (χ0n) is 18.2. The second kappa shape index (κ2) is 9.21. The Labute approximate surface area is 189 Å². The first-order chi connectivity index (χ1) is 15.9. The van der Waals surface area contributed by atoms with E-state index in [-0.39, 0.29) is 17.1 Å². The topological polar surface area (TPSA) is 124 Å². The smallest absolute Gasteiger partial charge is 0.339 e. The number of amides is 1. The maximum atomic E-state index is 13.1. The number of nitro groups is 1. The Morgan fingerprint density at radius 1 is 1.24 bits per heavy atom. The van der Waals surface area contributed by atoms with Crippen molar-refractivity contribution in [2.75, 3.05) is 32.6 Å². The summed E-state index contributed by atoms with van der Waals surface area (Å²) in [5.41, 5.74) is 2.37. The van der Waals surface area contributed by atoms with Gasteiger partial charge in [0.2, 0.25) is 0 Å². The van der Waals surface area contributed by atoms with Gasteiger partial charge in [-0.25, -0.2) is 4.79 Å². The lowest BCUT2D eigenvalue weighted by atomic mass is 9.96. The Bertz CT molecular complexity index is 1260. The van der Waals surface area contributed by atoms with Crippen LogP contribution in [-0.2, 0) is 22.5 Å². The highest BCUT2D eigenvalue weighted by Crippen LogP contribution is 2.30. The third-order valence-corrected chi connectivity index (χ3v) is 5.45. The van der Waals surface area contributed by atoms with E-state index in [4.69, 9.17) is 14.5 Å². The fourth-order valence-corrected chi connectivity index (χ4v) is 3.84. The molecule has 0 bridgehead atoms. The quantitative estimate of drug-likeness (QED) is 0.345. The van der Waals surface area contributed by atoms with Crippen LogP contribution in [0.25, 0.3) is 10.9 Å². The molecular formula is C23H22N4O6. The van der Waals surface area contributed by atoms with Crippen molar-refractivity contribution in [3.63, 3.8) is 0 Å². The molecule has 2 aromatic carbocycles. The van der Waals surface area contributed by atoms with Crippen LogP contribution in [0.5, 0.6) is 5.75 Å². The largest absolute Gasteiger partial charge is 0.496 e. The van der Waals surface area contributed by atoms with Gasteiger partial charge in [-0.1, -0.05) is 18.2 Å². The van der Waals surface area contributed by atoms with E-state index >= 15 is 0 Å². The number of pyridine rings is 1. The summed E-state index contributed by atoms with van der Waals surface area (Å²) in [7, 11) is 3.35. The first-order valence-electron chi connectivity index (χ1n) is 10.3. The van der Waals surface area contributed by atoms with Crippen molar-refractivity contribution in [1.29, 1.82) is 0 Å². The van der Waals surface area contributed by atoms with Gasteiger partial charge in [0.05, 0.1) is 29.2 Å². The van der Waals surface area contributed by atoms with Crippen LogP contribution >= 0.6 is 0 Å². The number of rotatable bonds is 6. The van der Waals surface area contributed by atoms with Crippen LogP contribution in [0, 0.1) is 10.1 Å². The average molecular weight is 450 g/mol. The molecule has 0 aliphatic carbocycles. The molecule has 2 heterocycles. The Morgan fingerprint density at radius 3 is 2.79 bits per heavy atom. The minimum atomic E-state index is -0.694. The monoisotopic (exact) mass is 450 g/mol. The summed E-state index contributed by atoms with van der Waals surface area (Å²) in [4.78, 5) is 43.0. The van der Waals surface area contributed by atoms with E-state index < -0.39 is 23.4 Å². The summed E-state index contributed by atoms with van der Waals surface area (Å²) in [6.07, 6.45) is 0.707. The van der Waals surface area contributed by atoms with Crippen molar-refractivity contribution in [3.05, 3.63) is 69.4 Å². The number of nitro benzene ring substituents is 1. The van der Waals surface area contributed by atoms with E-state index in [2.05, 4.69) is 10.2 Å². The second-order valence-corrected chi connectivity index (χ2v) is 7.68. The molecule has 10 nitrogen and oxygen atoms in total. The predicted molar refractivity (Wildman–Crippen MR) is 120 cm³/mol. The maximum Gasteiger partial charge on any atom is 0.339 e. The van der Waals surface area contributed by atoms with Crippen molar-refractivity contribution in [1.82, 2.24) is 9.88 Å². The number of methoxy groups -OCH3 is 1. The number of para-hydroxylation sites is 1. The summed E-state index contributed by atoms with van der Waals surface area (Å²) in [6, 6.07) is 11.3. The van der Waals surface area contributed by atoms with Crippen molar-refractivity contribution >= 4 is 34.2 Å². The maximum absolute atomic E-state index is 13.1. The van der Waals surface area contributed by atoms with E-state index in [1.54, 1.807) is 6.07 Å². The van der Waals surface area contributed by atoms with E-state index in [0.717, 1.165) is 17.8 Å². The van der Waals surface area contributed by atoms with Gasteiger partial charge in [-0.05, 0) is 25.2 Å². The van der Waals surface area contributed by atoms with Gasteiger partial charge in [-0.15, -0.1) is 0 Å². The number of hydrogen-bond acceptors (Lipinski definition) is 8. The second-order valence-electron chi connectivity index (χ2n) is 7.68. The number of fused-ring (bicyclic) bond motifs is 2. The fourth-order valence-electron chi connectivity index (χ4n) is 3.84. The van der Waals surface area contributed by atoms with E-state index in [0.29, 0.717) is 29.4 Å². The van der Waals surface area contributed by atoms with Crippen molar-refractivity contribution in [2.45, 2.75) is 13.0 Å². The highest BCUT2D eigenvalue weighted by Gasteiger charge is 2.26. The lowest BCUT2D eigenvalue weighted by Gasteiger charge is -2.26. The van der Waals surface area contributed by atoms with Gasteiger partial charge in [0.1, 0.15) is 11.4 Å². The van der Waals surface area contributed by atoms with Crippen LogP contribution in [0.1, 0.15) is 21.6 Å². The molecular weight excluding hydrogens is 428 g/mol. The Hall–Kier alpha value is -4.05. The van der Waals surface area contributed by atoms with Crippen molar-refractivity contribution in [2.24, 2.45) is 0 Å². The highest BCUT2D eigenvalue weighted by atomic mass is 16.6.